The van der Waals surface area contributed by atoms with Crippen LogP contribution in [0.15, 0.2) is 112 Å². The van der Waals surface area contributed by atoms with Crippen molar-refractivity contribution in [2.45, 2.75) is 62.6 Å². The van der Waals surface area contributed by atoms with Crippen LogP contribution in [0.5, 0.6) is 0 Å². The number of nitrogens with zero attached hydrogens (tertiary/aromatic N) is 2. The van der Waals surface area contributed by atoms with Crippen molar-refractivity contribution >= 4 is 43.5 Å². The molecule has 0 spiro atoms. The van der Waals surface area contributed by atoms with Gasteiger partial charge in [-0.25, -0.2) is 12.8 Å². The molecule has 1 saturated carbocycles. The van der Waals surface area contributed by atoms with Gasteiger partial charge in [0.25, 0.3) is 10.0 Å². The summed E-state index contributed by atoms with van der Waals surface area (Å²) in [5.74, 6) is -1.30. The highest BCUT2D eigenvalue weighted by Gasteiger charge is 2.35. The quantitative estimate of drug-likeness (QED) is 0.176. The molecule has 5 rings (SSSR count). The van der Waals surface area contributed by atoms with Gasteiger partial charge in [0.05, 0.1) is 10.6 Å². The first-order valence-corrected chi connectivity index (χ1v) is 17.6. The van der Waals surface area contributed by atoms with Gasteiger partial charge in [-0.15, -0.1) is 0 Å². The number of aryl methyl sites for hydroxylation is 1. The molecule has 4 aromatic carbocycles. The molecule has 0 aliphatic heterocycles. The number of rotatable bonds is 12. The number of sulfonamides is 1. The van der Waals surface area contributed by atoms with Crippen molar-refractivity contribution in [3.8, 4) is 0 Å². The number of carbonyl (C=O) groups excluding carboxylic acids is 2. The third-order valence-electron chi connectivity index (χ3n) is 8.22. The molecule has 0 bridgehead atoms. The molecule has 1 fully saturated rings. The predicted octanol–water partition coefficient (Wildman–Crippen LogP) is 6.79. The molecule has 1 atom stereocenters. The van der Waals surface area contributed by atoms with Crippen molar-refractivity contribution in [1.29, 1.82) is 0 Å². The summed E-state index contributed by atoms with van der Waals surface area (Å²) < 4.78 is 43.9. The maximum absolute atomic E-state index is 14.5. The van der Waals surface area contributed by atoms with Crippen LogP contribution in [0, 0.1) is 12.7 Å². The van der Waals surface area contributed by atoms with Crippen LogP contribution in [0.3, 0.4) is 0 Å². The second-order valence-electron chi connectivity index (χ2n) is 11.6. The highest BCUT2D eigenvalue weighted by atomic mass is 79.9. The van der Waals surface area contributed by atoms with Gasteiger partial charge in [-0.3, -0.25) is 13.9 Å². The highest BCUT2D eigenvalue weighted by Crippen LogP contribution is 2.28. The molecule has 0 saturated heterocycles. The fourth-order valence-corrected chi connectivity index (χ4v) is 7.50. The second kappa shape index (κ2) is 15.0. The summed E-state index contributed by atoms with van der Waals surface area (Å²) in [5.41, 5.74) is 2.64. The first-order valence-electron chi connectivity index (χ1n) is 15.3. The number of nitrogens with one attached hydrogen (secondary N) is 1. The smallest absolute Gasteiger partial charge is 0.264 e. The Labute approximate surface area is 278 Å². The van der Waals surface area contributed by atoms with Crippen LogP contribution in [-0.4, -0.2) is 43.8 Å². The van der Waals surface area contributed by atoms with Gasteiger partial charge in [0.15, 0.2) is 0 Å². The topological polar surface area (TPSA) is 86.8 Å². The van der Waals surface area contributed by atoms with E-state index in [-0.39, 0.29) is 29.8 Å². The lowest BCUT2D eigenvalue weighted by Gasteiger charge is -2.34. The molecular formula is C36H37BrFN3O4S. The lowest BCUT2D eigenvalue weighted by molar-refractivity contribution is -0.140. The first-order chi connectivity index (χ1) is 22.1. The monoisotopic (exact) mass is 705 g/mol. The van der Waals surface area contributed by atoms with Gasteiger partial charge in [0, 0.05) is 23.5 Å². The highest BCUT2D eigenvalue weighted by molar-refractivity contribution is 9.10. The van der Waals surface area contributed by atoms with Crippen molar-refractivity contribution in [2.24, 2.45) is 0 Å². The maximum atomic E-state index is 14.5. The summed E-state index contributed by atoms with van der Waals surface area (Å²) in [6.45, 7) is 1.28. The van der Waals surface area contributed by atoms with Gasteiger partial charge in [-0.05, 0) is 73.4 Å². The Hall–Kier alpha value is -4.02. The van der Waals surface area contributed by atoms with E-state index >= 15 is 0 Å². The standard InChI is InChI=1S/C36H37BrFN3O4S/c1-26-14-20-33(21-15-26)46(44,45)41(32-13-7-10-29(37)23-32)25-35(42)40(24-28-16-18-30(38)19-17-28)34(22-27-8-3-2-4-9-27)36(43)39-31-11-5-6-12-31/h2-4,7-10,13-21,23,31,34H,5-6,11-12,22,24-25H2,1H3,(H,39,43)/t34-/m1/s1. The zero-order valence-electron chi connectivity index (χ0n) is 25.6. The number of halogens is 2. The number of amides is 2. The van der Waals surface area contributed by atoms with Gasteiger partial charge in [-0.2, -0.15) is 0 Å². The number of hydrogen-bond acceptors (Lipinski definition) is 4. The number of carbonyl (C=O) groups is 2. The van der Waals surface area contributed by atoms with E-state index in [0.717, 1.165) is 41.1 Å². The van der Waals surface area contributed by atoms with Gasteiger partial charge >= 0.3 is 0 Å². The number of anilines is 1. The van der Waals surface area contributed by atoms with Crippen molar-refractivity contribution < 1.29 is 22.4 Å². The Balaban J connectivity index is 1.56. The minimum atomic E-state index is -4.20. The van der Waals surface area contributed by atoms with Crippen molar-refractivity contribution in [3.63, 3.8) is 0 Å². The summed E-state index contributed by atoms with van der Waals surface area (Å²) in [5, 5.41) is 3.15. The molecule has 1 aliphatic carbocycles. The molecule has 4 aromatic rings. The van der Waals surface area contributed by atoms with E-state index in [0.29, 0.717) is 15.7 Å². The van der Waals surface area contributed by atoms with Crippen LogP contribution >= 0.6 is 15.9 Å². The second-order valence-corrected chi connectivity index (χ2v) is 14.4. The largest absolute Gasteiger partial charge is 0.352 e. The van der Waals surface area contributed by atoms with Crippen LogP contribution < -0.4 is 9.62 Å². The molecule has 0 heterocycles. The van der Waals surface area contributed by atoms with E-state index in [4.69, 9.17) is 0 Å². The molecule has 1 aliphatic rings. The molecule has 1 N–H and O–H groups in total. The fourth-order valence-electron chi connectivity index (χ4n) is 5.71. The van der Waals surface area contributed by atoms with E-state index < -0.39 is 34.3 Å². The SMILES string of the molecule is Cc1ccc(S(=O)(=O)N(CC(=O)N(Cc2ccc(F)cc2)[C@H](Cc2ccccc2)C(=O)NC2CCCC2)c2cccc(Br)c2)cc1. The first kappa shape index (κ1) is 33.3. The average Bonchev–Trinajstić information content (AvgIpc) is 3.56. The summed E-state index contributed by atoms with van der Waals surface area (Å²) in [6.07, 6.45) is 3.98. The number of hydrogen-bond donors (Lipinski definition) is 1. The average molecular weight is 707 g/mol. The number of benzene rings is 4. The van der Waals surface area contributed by atoms with Crippen LogP contribution in [0.25, 0.3) is 0 Å². The van der Waals surface area contributed by atoms with Crippen LogP contribution in [-0.2, 0) is 32.6 Å². The molecule has 2 amide bonds. The maximum Gasteiger partial charge on any atom is 0.264 e. The Morgan fingerprint density at radius 1 is 0.891 bits per heavy atom. The molecule has 0 unspecified atom stereocenters. The van der Waals surface area contributed by atoms with E-state index in [2.05, 4.69) is 21.2 Å². The van der Waals surface area contributed by atoms with Crippen molar-refractivity contribution in [1.82, 2.24) is 10.2 Å². The van der Waals surface area contributed by atoms with E-state index in [1.807, 2.05) is 37.3 Å². The Morgan fingerprint density at radius 3 is 2.22 bits per heavy atom. The zero-order chi connectivity index (χ0) is 32.7. The van der Waals surface area contributed by atoms with Crippen LogP contribution in [0.2, 0.25) is 0 Å². The normalized spacial score (nSPS) is 14.1. The molecule has 0 aromatic heterocycles. The van der Waals surface area contributed by atoms with Gasteiger partial charge < -0.3 is 10.2 Å². The molecule has 0 radical (unpaired) electrons. The lowest BCUT2D eigenvalue weighted by atomic mass is 10.0. The molecule has 10 heteroatoms. The van der Waals surface area contributed by atoms with Crippen LogP contribution in [0.4, 0.5) is 10.1 Å². The summed E-state index contributed by atoms with van der Waals surface area (Å²) in [4.78, 5) is 30.1. The lowest BCUT2D eigenvalue weighted by Crippen LogP contribution is -2.54. The van der Waals surface area contributed by atoms with Gasteiger partial charge in [0.1, 0.15) is 18.4 Å². The van der Waals surface area contributed by atoms with Gasteiger partial charge in [0.2, 0.25) is 11.8 Å². The van der Waals surface area contributed by atoms with Crippen molar-refractivity contribution in [2.75, 3.05) is 10.8 Å². The van der Waals surface area contributed by atoms with E-state index in [1.54, 1.807) is 48.5 Å². The summed E-state index contributed by atoms with van der Waals surface area (Å²) >= 11 is 3.43. The Kier molecular flexibility index (Phi) is 10.9. The minimum Gasteiger partial charge on any atom is -0.352 e. The third kappa shape index (κ3) is 8.41. The van der Waals surface area contributed by atoms with Crippen molar-refractivity contribution in [3.05, 3.63) is 130 Å². The Morgan fingerprint density at radius 2 is 1.57 bits per heavy atom. The minimum absolute atomic E-state index is 0.00799. The summed E-state index contributed by atoms with van der Waals surface area (Å²) in [6, 6.07) is 27.4. The van der Waals surface area contributed by atoms with Gasteiger partial charge in [-0.1, -0.05) is 95.0 Å². The van der Waals surface area contributed by atoms with E-state index in [9.17, 15) is 22.4 Å². The van der Waals surface area contributed by atoms with E-state index in [1.165, 1.54) is 29.2 Å². The molecule has 7 nitrogen and oxygen atoms in total. The molecule has 240 valence electrons. The zero-order valence-corrected chi connectivity index (χ0v) is 28.0. The Bertz CT molecular complexity index is 1750. The third-order valence-corrected chi connectivity index (χ3v) is 10.5. The molecular weight excluding hydrogens is 669 g/mol. The fraction of sp³-hybridized carbons (Fsp3) is 0.278. The predicted molar refractivity (Wildman–Crippen MR) is 181 cm³/mol. The summed E-state index contributed by atoms with van der Waals surface area (Å²) in [7, 11) is -4.20. The van der Waals surface area contributed by atoms with Crippen LogP contribution in [0.1, 0.15) is 42.4 Å². The molecule has 46 heavy (non-hydrogen) atoms.